The number of hydrogen-bond donors (Lipinski definition) is 1. The Morgan fingerprint density at radius 2 is 1.92 bits per heavy atom. The molecule has 0 bridgehead atoms. The maximum absolute atomic E-state index is 12.6. The van der Waals surface area contributed by atoms with Gasteiger partial charge in [0.1, 0.15) is 0 Å². The third-order valence-corrected chi connectivity index (χ3v) is 6.48. The third kappa shape index (κ3) is 5.22. The molecule has 0 fully saturated rings. The number of amides is 1. The summed E-state index contributed by atoms with van der Waals surface area (Å²) in [5.74, 6) is 0.651. The number of hydrogen-bond acceptors (Lipinski definition) is 5. The molecule has 3 rings (SSSR count). The van der Waals surface area contributed by atoms with E-state index in [4.69, 9.17) is 0 Å². The highest BCUT2D eigenvalue weighted by atomic mass is 79.9. The van der Waals surface area contributed by atoms with Crippen LogP contribution >= 0.6 is 39.5 Å². The summed E-state index contributed by atoms with van der Waals surface area (Å²) < 4.78 is 1.03. The van der Waals surface area contributed by atoms with Crippen LogP contribution in [-0.4, -0.2) is 27.8 Å². The molecule has 1 aliphatic heterocycles. The van der Waals surface area contributed by atoms with Gasteiger partial charge in [0, 0.05) is 15.1 Å². The number of benzene rings is 2. The smallest absolute Gasteiger partial charge is 0.239 e. The van der Waals surface area contributed by atoms with Crippen molar-refractivity contribution in [1.82, 2.24) is 5.32 Å². The van der Waals surface area contributed by atoms with Gasteiger partial charge in [0.2, 0.25) is 5.91 Å². The molecule has 0 radical (unpaired) electrons. The average molecular weight is 448 g/mol. The van der Waals surface area contributed by atoms with Crippen LogP contribution in [-0.2, 0) is 4.79 Å². The maximum Gasteiger partial charge on any atom is 0.239 e. The van der Waals surface area contributed by atoms with E-state index >= 15 is 0 Å². The van der Waals surface area contributed by atoms with Gasteiger partial charge in [-0.05, 0) is 36.2 Å². The average Bonchev–Trinajstić information content (AvgIpc) is 2.68. The Morgan fingerprint density at radius 3 is 2.54 bits per heavy atom. The summed E-state index contributed by atoms with van der Waals surface area (Å²) in [6, 6.07) is 17.9. The first-order chi connectivity index (χ1) is 12.7. The maximum atomic E-state index is 12.6. The summed E-state index contributed by atoms with van der Waals surface area (Å²) in [6.45, 7) is 2.01. The quantitative estimate of drug-likeness (QED) is 0.659. The fraction of sp³-hybridized carbons (Fsp3) is 0.211. The SMILES string of the molecule is CC[C@@H](Sc1ccccc1)C(=O)NC1=NN=C(c2ccc(Br)cc2)CS1. The Hall–Kier alpha value is -1.57. The van der Waals surface area contributed by atoms with Crippen LogP contribution in [0, 0.1) is 0 Å². The second kappa shape index (κ2) is 9.39. The van der Waals surface area contributed by atoms with Crippen molar-refractivity contribution in [3.05, 3.63) is 64.6 Å². The van der Waals surface area contributed by atoms with Crippen molar-refractivity contribution in [2.45, 2.75) is 23.5 Å². The van der Waals surface area contributed by atoms with E-state index in [2.05, 4.69) is 31.4 Å². The first kappa shape index (κ1) is 19.2. The van der Waals surface area contributed by atoms with Gasteiger partial charge in [-0.2, -0.15) is 5.10 Å². The van der Waals surface area contributed by atoms with Crippen LogP contribution < -0.4 is 5.32 Å². The van der Waals surface area contributed by atoms with Gasteiger partial charge in [0.25, 0.3) is 0 Å². The van der Waals surface area contributed by atoms with Crippen molar-refractivity contribution in [2.75, 3.05) is 5.75 Å². The van der Waals surface area contributed by atoms with Gasteiger partial charge in [0.05, 0.1) is 11.0 Å². The lowest BCUT2D eigenvalue weighted by molar-refractivity contribution is -0.119. The van der Waals surface area contributed by atoms with Crippen molar-refractivity contribution >= 4 is 56.2 Å². The zero-order valence-electron chi connectivity index (χ0n) is 14.2. The number of carbonyl (C=O) groups is 1. The molecule has 2 aromatic rings. The van der Waals surface area contributed by atoms with Crippen molar-refractivity contribution < 1.29 is 4.79 Å². The fourth-order valence-electron chi connectivity index (χ4n) is 2.32. The van der Waals surface area contributed by atoms with Gasteiger partial charge < -0.3 is 5.32 Å². The van der Waals surface area contributed by atoms with Crippen molar-refractivity contribution in [2.24, 2.45) is 10.2 Å². The van der Waals surface area contributed by atoms with E-state index in [0.29, 0.717) is 10.9 Å². The highest BCUT2D eigenvalue weighted by Crippen LogP contribution is 2.25. The van der Waals surface area contributed by atoms with Crippen LogP contribution in [0.25, 0.3) is 0 Å². The number of nitrogens with zero attached hydrogens (tertiary/aromatic N) is 2. The Balaban J connectivity index is 1.63. The first-order valence-electron chi connectivity index (χ1n) is 8.21. The van der Waals surface area contributed by atoms with Crippen LogP contribution in [0.3, 0.4) is 0 Å². The van der Waals surface area contributed by atoms with Crippen LogP contribution in [0.15, 0.2) is 74.2 Å². The van der Waals surface area contributed by atoms with E-state index in [-0.39, 0.29) is 11.2 Å². The second-order valence-electron chi connectivity index (χ2n) is 5.56. The Kier molecular flexibility index (Phi) is 6.93. The van der Waals surface area contributed by atoms with Crippen molar-refractivity contribution in [3.63, 3.8) is 0 Å². The van der Waals surface area contributed by atoms with E-state index in [1.54, 1.807) is 11.8 Å². The van der Waals surface area contributed by atoms with Gasteiger partial charge in [-0.3, -0.25) is 4.79 Å². The number of nitrogens with one attached hydrogen (secondary N) is 1. The monoisotopic (exact) mass is 447 g/mol. The van der Waals surface area contributed by atoms with E-state index in [0.717, 1.165) is 27.1 Å². The lowest BCUT2D eigenvalue weighted by Crippen LogP contribution is -2.36. The molecule has 134 valence electrons. The Labute approximate surface area is 170 Å². The standard InChI is InChI=1S/C19H18BrN3OS2/c1-2-17(26-15-6-4-3-5-7-15)18(24)21-19-23-22-16(12-25-19)13-8-10-14(20)11-9-13/h3-11,17H,2,12H2,1H3,(H,21,23,24)/t17-/m1/s1. The van der Waals surface area contributed by atoms with Crippen LogP contribution in [0.1, 0.15) is 18.9 Å². The molecule has 0 unspecified atom stereocenters. The molecule has 1 heterocycles. The molecule has 0 saturated carbocycles. The molecule has 0 saturated heterocycles. The number of halogens is 1. The zero-order chi connectivity index (χ0) is 18.4. The van der Waals surface area contributed by atoms with Gasteiger partial charge in [-0.15, -0.1) is 16.9 Å². The molecule has 1 atom stereocenters. The summed E-state index contributed by atoms with van der Waals surface area (Å²) in [6.07, 6.45) is 0.747. The minimum Gasteiger partial charge on any atom is -0.303 e. The summed E-state index contributed by atoms with van der Waals surface area (Å²) >= 11 is 6.49. The number of rotatable bonds is 5. The summed E-state index contributed by atoms with van der Waals surface area (Å²) in [7, 11) is 0. The number of amidine groups is 1. The van der Waals surface area contributed by atoms with Crippen molar-refractivity contribution in [3.8, 4) is 0 Å². The molecule has 0 aromatic heterocycles. The molecule has 1 aliphatic rings. The highest BCUT2D eigenvalue weighted by Gasteiger charge is 2.21. The van der Waals surface area contributed by atoms with Gasteiger partial charge in [0.15, 0.2) is 5.17 Å². The molecule has 7 heteroatoms. The third-order valence-electron chi connectivity index (χ3n) is 3.70. The van der Waals surface area contributed by atoms with Crippen LogP contribution in [0.2, 0.25) is 0 Å². The van der Waals surface area contributed by atoms with E-state index in [9.17, 15) is 4.79 Å². The molecule has 1 N–H and O–H groups in total. The molecular weight excluding hydrogens is 430 g/mol. The molecule has 0 aliphatic carbocycles. The van der Waals surface area contributed by atoms with Gasteiger partial charge >= 0.3 is 0 Å². The van der Waals surface area contributed by atoms with Crippen LogP contribution in [0.4, 0.5) is 0 Å². The lowest BCUT2D eigenvalue weighted by Gasteiger charge is -2.17. The zero-order valence-corrected chi connectivity index (χ0v) is 17.4. The predicted molar refractivity (Wildman–Crippen MR) is 115 cm³/mol. The summed E-state index contributed by atoms with van der Waals surface area (Å²) in [5, 5.41) is 11.8. The molecule has 4 nitrogen and oxygen atoms in total. The van der Waals surface area contributed by atoms with Crippen molar-refractivity contribution in [1.29, 1.82) is 0 Å². The van der Waals surface area contributed by atoms with E-state index in [1.165, 1.54) is 11.8 Å². The Morgan fingerprint density at radius 1 is 1.19 bits per heavy atom. The number of carbonyl (C=O) groups excluding carboxylic acids is 1. The van der Waals surface area contributed by atoms with Gasteiger partial charge in [-0.25, -0.2) is 0 Å². The highest BCUT2D eigenvalue weighted by molar-refractivity contribution is 9.10. The second-order valence-corrected chi connectivity index (χ2v) is 8.72. The van der Waals surface area contributed by atoms with E-state index < -0.39 is 0 Å². The molecule has 2 aromatic carbocycles. The molecular formula is C19H18BrN3OS2. The molecule has 26 heavy (non-hydrogen) atoms. The number of thioether (sulfide) groups is 2. The topological polar surface area (TPSA) is 53.8 Å². The Bertz CT molecular complexity index is 822. The largest absolute Gasteiger partial charge is 0.303 e. The first-order valence-corrected chi connectivity index (χ1v) is 10.9. The summed E-state index contributed by atoms with van der Waals surface area (Å²) in [5.41, 5.74) is 1.95. The normalized spacial score (nSPS) is 15.0. The predicted octanol–water partition coefficient (Wildman–Crippen LogP) is 4.94. The van der Waals surface area contributed by atoms with Crippen LogP contribution in [0.5, 0.6) is 0 Å². The minimum absolute atomic E-state index is 0.0325. The molecule has 0 spiro atoms. The molecule has 1 amide bonds. The van der Waals surface area contributed by atoms with Gasteiger partial charge in [-0.1, -0.05) is 64.9 Å². The lowest BCUT2D eigenvalue weighted by atomic mass is 10.1. The fourth-order valence-corrected chi connectivity index (χ4v) is 4.33. The summed E-state index contributed by atoms with van der Waals surface area (Å²) in [4.78, 5) is 13.6. The van der Waals surface area contributed by atoms with E-state index in [1.807, 2.05) is 61.5 Å². The minimum atomic E-state index is -0.155.